The number of halogens is 1. The van der Waals surface area contributed by atoms with E-state index < -0.39 is 15.1 Å². The van der Waals surface area contributed by atoms with Gasteiger partial charge in [0.05, 0.1) is 0 Å². The van der Waals surface area contributed by atoms with Gasteiger partial charge in [-0.2, -0.15) is 0 Å². The van der Waals surface area contributed by atoms with Crippen molar-refractivity contribution in [2.24, 2.45) is 0 Å². The third kappa shape index (κ3) is 22.4. The smallest absolute Gasteiger partial charge is 0.745 e. The molecule has 1 atom stereocenters. The Hall–Kier alpha value is 1.48. The fourth-order valence-electron chi connectivity index (χ4n) is 4.48. The van der Waals surface area contributed by atoms with Gasteiger partial charge in [0.15, 0.2) is 5.00 Å². The molecule has 0 radical (unpaired) electrons. The number of hydrogen-bond donors (Lipinski definition) is 0. The molecule has 194 valence electrons. The van der Waals surface area contributed by atoms with Crippen molar-refractivity contribution in [2.45, 2.75) is 173 Å². The van der Waals surface area contributed by atoms with Gasteiger partial charge in [-0.3, -0.25) is 0 Å². The molecule has 0 saturated carbocycles. The van der Waals surface area contributed by atoms with Crippen molar-refractivity contribution < 1.29 is 68.7 Å². The van der Waals surface area contributed by atoms with Crippen LogP contribution < -0.4 is 51.4 Å². The van der Waals surface area contributed by atoms with Gasteiger partial charge >= 0.3 is 51.4 Å². The predicted molar refractivity (Wildman–Crippen MR) is 136 cm³/mol. The molecule has 0 spiro atoms. The zero-order valence-electron chi connectivity index (χ0n) is 22.5. The third-order valence-electron chi connectivity index (χ3n) is 6.76. The Morgan fingerprint density at radius 3 is 0.939 bits per heavy atom. The Bertz CT molecular complexity index is 502. The Morgan fingerprint density at radius 2 is 0.727 bits per heavy atom. The number of unbranched alkanes of at least 4 members (excludes halogenated alkanes) is 20. The molecule has 0 aliphatic heterocycles. The van der Waals surface area contributed by atoms with Crippen molar-refractivity contribution >= 4 is 10.1 Å². The van der Waals surface area contributed by atoms with Crippen LogP contribution in [-0.4, -0.2) is 18.0 Å². The third-order valence-corrected chi connectivity index (χ3v) is 8.06. The van der Waals surface area contributed by atoms with Crippen molar-refractivity contribution in [1.82, 2.24) is 0 Å². The summed E-state index contributed by atoms with van der Waals surface area (Å²) in [6, 6.07) is 0. The summed E-state index contributed by atoms with van der Waals surface area (Å²) in [7, 11) is -4.90. The standard InChI is InChI=1S/C27H55FO3S.K/c1-3-5-7-9-11-13-14-15-16-17-18-20-22-24-26-27(28,32(29,30)31)25-23-21-19-12-10-8-6-4-2;/h3-26H2,1-2H3,(H,29,30,31);/q;+1/p-1. The first-order valence-electron chi connectivity index (χ1n) is 14.0. The second-order valence-electron chi connectivity index (χ2n) is 9.91. The van der Waals surface area contributed by atoms with Crippen molar-refractivity contribution in [2.75, 3.05) is 0 Å². The molecule has 0 heterocycles. The fourth-order valence-corrected chi connectivity index (χ4v) is 5.27. The van der Waals surface area contributed by atoms with Crippen LogP contribution in [0.25, 0.3) is 0 Å². The van der Waals surface area contributed by atoms with E-state index in [0.717, 1.165) is 38.5 Å². The number of alkyl halides is 1. The van der Waals surface area contributed by atoms with Crippen LogP contribution in [0.2, 0.25) is 0 Å². The summed E-state index contributed by atoms with van der Waals surface area (Å²) in [5.74, 6) is 0. The van der Waals surface area contributed by atoms with E-state index in [2.05, 4.69) is 13.8 Å². The monoisotopic (exact) mass is 516 g/mol. The average molecular weight is 517 g/mol. The molecule has 0 aromatic carbocycles. The summed E-state index contributed by atoms with van der Waals surface area (Å²) in [6.07, 6.45) is 24.7. The average Bonchev–Trinajstić information content (AvgIpc) is 2.75. The van der Waals surface area contributed by atoms with E-state index >= 15 is 0 Å². The SMILES string of the molecule is CCCCCCCCCCCCCCCCC(F)(CCCCCCCCCC)S(=O)(=O)[O-].[K+]. The van der Waals surface area contributed by atoms with Crippen LogP contribution in [0.1, 0.15) is 168 Å². The Labute approximate surface area is 249 Å². The van der Waals surface area contributed by atoms with Crippen LogP contribution in [0.3, 0.4) is 0 Å². The van der Waals surface area contributed by atoms with Crippen LogP contribution in [0.4, 0.5) is 4.39 Å². The van der Waals surface area contributed by atoms with Gasteiger partial charge in [0.25, 0.3) is 0 Å². The topological polar surface area (TPSA) is 57.2 Å². The maximum absolute atomic E-state index is 14.9. The van der Waals surface area contributed by atoms with E-state index in [1.807, 2.05) is 0 Å². The second kappa shape index (κ2) is 25.1. The zero-order chi connectivity index (χ0) is 24.0. The van der Waals surface area contributed by atoms with E-state index in [0.29, 0.717) is 12.8 Å². The summed E-state index contributed by atoms with van der Waals surface area (Å²) in [6.45, 7) is 4.43. The van der Waals surface area contributed by atoms with Crippen molar-refractivity contribution in [3.8, 4) is 0 Å². The quantitative estimate of drug-likeness (QED) is 0.0780. The molecule has 0 bridgehead atoms. The minimum Gasteiger partial charge on any atom is -0.745 e. The molecule has 33 heavy (non-hydrogen) atoms. The molecule has 0 aliphatic rings. The van der Waals surface area contributed by atoms with E-state index in [1.54, 1.807) is 0 Å². The summed E-state index contributed by atoms with van der Waals surface area (Å²) >= 11 is 0. The van der Waals surface area contributed by atoms with Gasteiger partial charge in [-0.1, -0.05) is 142 Å². The Balaban J connectivity index is 0. The fraction of sp³-hybridized carbons (Fsp3) is 1.00. The molecular weight excluding hydrogens is 462 g/mol. The molecule has 6 heteroatoms. The van der Waals surface area contributed by atoms with Gasteiger partial charge < -0.3 is 4.55 Å². The maximum atomic E-state index is 14.9. The van der Waals surface area contributed by atoms with Gasteiger partial charge in [-0.25, -0.2) is 12.8 Å². The first-order chi connectivity index (χ1) is 15.4. The molecule has 0 N–H and O–H groups in total. The van der Waals surface area contributed by atoms with E-state index in [-0.39, 0.29) is 64.2 Å². The summed E-state index contributed by atoms with van der Waals surface area (Å²) < 4.78 is 49.5. The van der Waals surface area contributed by atoms with E-state index in [1.165, 1.54) is 89.9 Å². The molecule has 0 fully saturated rings. The molecule has 0 aromatic rings. The van der Waals surface area contributed by atoms with Gasteiger partial charge in [-0.15, -0.1) is 0 Å². The molecule has 0 aromatic heterocycles. The van der Waals surface area contributed by atoms with Gasteiger partial charge in [-0.05, 0) is 25.7 Å². The van der Waals surface area contributed by atoms with Crippen LogP contribution in [-0.2, 0) is 10.1 Å². The zero-order valence-corrected chi connectivity index (χ0v) is 26.4. The maximum Gasteiger partial charge on any atom is 1.00 e. The molecule has 3 nitrogen and oxygen atoms in total. The number of rotatable bonds is 25. The summed E-state index contributed by atoms with van der Waals surface area (Å²) in [5.41, 5.74) is 0. The first-order valence-corrected chi connectivity index (χ1v) is 15.4. The summed E-state index contributed by atoms with van der Waals surface area (Å²) in [5, 5.41) is -2.56. The van der Waals surface area contributed by atoms with Crippen molar-refractivity contribution in [1.29, 1.82) is 0 Å². The number of hydrogen-bond acceptors (Lipinski definition) is 3. The largest absolute Gasteiger partial charge is 1.00 e. The normalized spacial score (nSPS) is 13.6. The van der Waals surface area contributed by atoms with Crippen LogP contribution in [0.15, 0.2) is 0 Å². The van der Waals surface area contributed by atoms with Crippen LogP contribution in [0.5, 0.6) is 0 Å². The van der Waals surface area contributed by atoms with Gasteiger partial charge in [0, 0.05) is 0 Å². The molecule has 0 rings (SSSR count). The molecule has 0 saturated heterocycles. The molecule has 0 amide bonds. The minimum atomic E-state index is -4.90. The van der Waals surface area contributed by atoms with Gasteiger partial charge in [0.2, 0.25) is 0 Å². The van der Waals surface area contributed by atoms with E-state index in [9.17, 15) is 17.4 Å². The predicted octanol–water partition coefficient (Wildman–Crippen LogP) is 6.60. The minimum absolute atomic E-state index is 0. The van der Waals surface area contributed by atoms with Crippen molar-refractivity contribution in [3.63, 3.8) is 0 Å². The first kappa shape index (κ1) is 36.6. The van der Waals surface area contributed by atoms with Crippen LogP contribution in [0, 0.1) is 0 Å². The van der Waals surface area contributed by atoms with Gasteiger partial charge in [0.1, 0.15) is 10.1 Å². The van der Waals surface area contributed by atoms with Crippen LogP contribution >= 0.6 is 0 Å². The molecule has 0 aliphatic carbocycles. The second-order valence-corrected chi connectivity index (χ2v) is 11.5. The molecule has 1 unspecified atom stereocenters. The summed E-state index contributed by atoms with van der Waals surface area (Å²) in [4.78, 5) is 0. The van der Waals surface area contributed by atoms with Crippen molar-refractivity contribution in [3.05, 3.63) is 0 Å². The molecular formula is C27H54FKO3S. The van der Waals surface area contributed by atoms with E-state index in [4.69, 9.17) is 0 Å². The Kier molecular flexibility index (Phi) is 27.9. The Morgan fingerprint density at radius 1 is 0.515 bits per heavy atom.